The molecule has 0 atom stereocenters. The van der Waals surface area contributed by atoms with E-state index in [1.54, 1.807) is 11.3 Å². The first kappa shape index (κ1) is 16.7. The van der Waals surface area contributed by atoms with Gasteiger partial charge in [0.2, 0.25) is 0 Å². The first-order valence-electron chi connectivity index (χ1n) is 4.62. The van der Waals surface area contributed by atoms with Gasteiger partial charge in [-0.25, -0.2) is 8.42 Å². The molecule has 0 bridgehead atoms. The lowest BCUT2D eigenvalue weighted by molar-refractivity contribution is 0.609. The van der Waals surface area contributed by atoms with E-state index in [0.717, 1.165) is 4.88 Å². The molecule has 0 fully saturated rings. The third-order valence-corrected chi connectivity index (χ3v) is 6.78. The van der Waals surface area contributed by atoms with E-state index in [1.807, 2.05) is 6.92 Å². The number of halogens is 3. The second-order valence-electron chi connectivity index (χ2n) is 3.28. The van der Waals surface area contributed by atoms with E-state index >= 15 is 0 Å². The van der Waals surface area contributed by atoms with E-state index in [1.165, 1.54) is 26.1 Å². The summed E-state index contributed by atoms with van der Waals surface area (Å²) in [4.78, 5) is 2.42. The van der Waals surface area contributed by atoms with Crippen molar-refractivity contribution in [2.75, 3.05) is 0 Å². The van der Waals surface area contributed by atoms with Crippen LogP contribution in [0.1, 0.15) is 9.75 Å². The molecular formula is C10H9Br2ClO2S3. The molecule has 0 radical (unpaired) electrons. The highest BCUT2D eigenvalue weighted by molar-refractivity contribution is 9.11. The maximum absolute atomic E-state index is 10.8. The van der Waals surface area contributed by atoms with Crippen molar-refractivity contribution in [3.63, 3.8) is 0 Å². The monoisotopic (exact) mass is 450 g/mol. The molecule has 2 aromatic heterocycles. The van der Waals surface area contributed by atoms with Gasteiger partial charge in [0.25, 0.3) is 9.05 Å². The van der Waals surface area contributed by atoms with Gasteiger partial charge in [-0.05, 0) is 63.9 Å². The normalized spacial score (nSPS) is 10.9. The van der Waals surface area contributed by atoms with Crippen LogP contribution in [-0.4, -0.2) is 8.42 Å². The quantitative estimate of drug-likeness (QED) is 0.531. The van der Waals surface area contributed by atoms with Crippen molar-refractivity contribution < 1.29 is 8.42 Å². The molecule has 100 valence electrons. The Morgan fingerprint density at radius 1 is 1.11 bits per heavy atom. The fourth-order valence-corrected chi connectivity index (χ4v) is 6.47. The van der Waals surface area contributed by atoms with E-state index in [0.29, 0.717) is 3.79 Å². The molecule has 0 N–H and O–H groups in total. The SMILES string of the molecule is Cc1cc(S(=O)(=O)Cl)c(Br)s1.Cc1ccc(Br)s1. The molecule has 8 heteroatoms. The zero-order chi connectivity index (χ0) is 13.9. The Balaban J connectivity index is 0.000000199. The summed E-state index contributed by atoms with van der Waals surface area (Å²) >= 11 is 9.57. The Hall–Kier alpha value is 0.600. The molecular weight excluding hydrogens is 444 g/mol. The summed E-state index contributed by atoms with van der Waals surface area (Å²) in [5.41, 5.74) is 0. The molecule has 0 aromatic carbocycles. The van der Waals surface area contributed by atoms with E-state index in [9.17, 15) is 8.42 Å². The molecule has 0 saturated carbocycles. The van der Waals surface area contributed by atoms with Gasteiger partial charge in [-0.15, -0.1) is 22.7 Å². The van der Waals surface area contributed by atoms with E-state index in [4.69, 9.17) is 10.7 Å². The van der Waals surface area contributed by atoms with Crippen molar-refractivity contribution in [2.45, 2.75) is 18.7 Å². The predicted molar refractivity (Wildman–Crippen MR) is 86.6 cm³/mol. The van der Waals surface area contributed by atoms with Gasteiger partial charge in [-0.2, -0.15) is 0 Å². The summed E-state index contributed by atoms with van der Waals surface area (Å²) in [6.07, 6.45) is 0. The number of thiophene rings is 2. The third kappa shape index (κ3) is 5.30. The van der Waals surface area contributed by atoms with Crippen LogP contribution in [0.3, 0.4) is 0 Å². The van der Waals surface area contributed by atoms with Gasteiger partial charge in [0, 0.05) is 20.4 Å². The van der Waals surface area contributed by atoms with Gasteiger partial charge in [-0.3, -0.25) is 0 Å². The van der Waals surface area contributed by atoms with Crippen LogP contribution >= 0.6 is 65.2 Å². The van der Waals surface area contributed by atoms with Gasteiger partial charge in [0.15, 0.2) is 0 Å². The molecule has 0 amide bonds. The lowest BCUT2D eigenvalue weighted by Gasteiger charge is -1.88. The van der Waals surface area contributed by atoms with Crippen LogP contribution in [0.5, 0.6) is 0 Å². The lowest BCUT2D eigenvalue weighted by Crippen LogP contribution is -1.86. The molecule has 2 rings (SSSR count). The van der Waals surface area contributed by atoms with Crippen molar-refractivity contribution in [3.8, 4) is 0 Å². The topological polar surface area (TPSA) is 34.1 Å². The van der Waals surface area contributed by atoms with Crippen LogP contribution in [0, 0.1) is 13.8 Å². The van der Waals surface area contributed by atoms with Crippen molar-refractivity contribution in [1.82, 2.24) is 0 Å². The van der Waals surface area contributed by atoms with Crippen LogP contribution in [0.25, 0.3) is 0 Å². The maximum atomic E-state index is 10.8. The highest BCUT2D eigenvalue weighted by Crippen LogP contribution is 2.32. The number of rotatable bonds is 1. The van der Waals surface area contributed by atoms with Crippen molar-refractivity contribution in [2.24, 2.45) is 0 Å². The molecule has 2 nitrogen and oxygen atoms in total. The molecule has 2 aromatic rings. The minimum atomic E-state index is -3.58. The zero-order valence-corrected chi connectivity index (χ0v) is 15.8. The highest BCUT2D eigenvalue weighted by atomic mass is 79.9. The lowest BCUT2D eigenvalue weighted by atomic mass is 10.5. The zero-order valence-electron chi connectivity index (χ0n) is 9.41. The van der Waals surface area contributed by atoms with E-state index in [-0.39, 0.29) is 4.90 Å². The second kappa shape index (κ2) is 6.85. The summed E-state index contributed by atoms with van der Waals surface area (Å²) in [6, 6.07) is 5.69. The van der Waals surface area contributed by atoms with Gasteiger partial charge >= 0.3 is 0 Å². The molecule has 0 aliphatic rings. The number of hydrogen-bond acceptors (Lipinski definition) is 4. The molecule has 18 heavy (non-hydrogen) atoms. The predicted octanol–water partition coefficient (Wildman–Crippen LogP) is 5.57. The smallest absolute Gasteiger partial charge is 0.207 e. The van der Waals surface area contributed by atoms with Gasteiger partial charge in [0.1, 0.15) is 4.90 Å². The summed E-state index contributed by atoms with van der Waals surface area (Å²) in [7, 11) is 1.55. The average molecular weight is 453 g/mol. The molecule has 0 aliphatic carbocycles. The van der Waals surface area contributed by atoms with E-state index in [2.05, 4.69) is 50.9 Å². The number of hydrogen-bond donors (Lipinski definition) is 0. The summed E-state index contributed by atoms with van der Waals surface area (Å²) in [5, 5.41) is 0. The van der Waals surface area contributed by atoms with Crippen LogP contribution < -0.4 is 0 Å². The molecule has 0 aliphatic heterocycles. The average Bonchev–Trinajstić information content (AvgIpc) is 2.72. The molecule has 0 saturated heterocycles. The standard InChI is InChI=1S/C5H4BrClO2S2.C5H5BrS/c1-3-2-4(5(6)10-3)11(7,8)9;1-4-2-3-5(6)7-4/h2H,1H3;2-3H,1H3. The van der Waals surface area contributed by atoms with E-state index < -0.39 is 9.05 Å². The van der Waals surface area contributed by atoms with Crippen LogP contribution in [0.2, 0.25) is 0 Å². The van der Waals surface area contributed by atoms with Crippen LogP contribution in [0.4, 0.5) is 0 Å². The van der Waals surface area contributed by atoms with Crippen molar-refractivity contribution >= 4 is 74.3 Å². The first-order valence-corrected chi connectivity index (χ1v) is 10.2. The second-order valence-corrected chi connectivity index (χ2v) is 11.1. The highest BCUT2D eigenvalue weighted by Gasteiger charge is 2.16. The van der Waals surface area contributed by atoms with Crippen molar-refractivity contribution in [3.05, 3.63) is 35.5 Å². The Bertz CT molecular complexity index is 615. The summed E-state index contributed by atoms with van der Waals surface area (Å²) < 4.78 is 23.4. The third-order valence-electron chi connectivity index (χ3n) is 1.75. The Kier molecular flexibility index (Phi) is 6.34. The van der Waals surface area contributed by atoms with Gasteiger partial charge < -0.3 is 0 Å². The fourth-order valence-electron chi connectivity index (χ4n) is 1.03. The van der Waals surface area contributed by atoms with Gasteiger partial charge in [-0.1, -0.05) is 0 Å². The maximum Gasteiger partial charge on any atom is 0.263 e. The summed E-state index contributed by atoms with van der Waals surface area (Å²) in [6.45, 7) is 3.91. The molecule has 0 unspecified atom stereocenters. The van der Waals surface area contributed by atoms with Crippen molar-refractivity contribution in [1.29, 1.82) is 0 Å². The minimum Gasteiger partial charge on any atom is -0.207 e. The first-order chi connectivity index (χ1) is 8.20. The minimum absolute atomic E-state index is 0.154. The number of aryl methyl sites for hydroxylation is 2. The Labute approximate surface area is 136 Å². The van der Waals surface area contributed by atoms with Crippen LogP contribution in [0.15, 0.2) is 30.7 Å². The molecule has 2 heterocycles. The Morgan fingerprint density at radius 2 is 1.72 bits per heavy atom. The summed E-state index contributed by atoms with van der Waals surface area (Å²) in [5.74, 6) is 0. The largest absolute Gasteiger partial charge is 0.263 e. The molecule has 0 spiro atoms. The van der Waals surface area contributed by atoms with Crippen LogP contribution in [-0.2, 0) is 9.05 Å². The Morgan fingerprint density at radius 3 is 1.89 bits per heavy atom. The fraction of sp³-hybridized carbons (Fsp3) is 0.200. The van der Waals surface area contributed by atoms with Gasteiger partial charge in [0.05, 0.1) is 7.57 Å².